The molecule has 0 fully saturated rings. The zero-order valence-electron chi connectivity index (χ0n) is 106. The zero-order valence-corrected chi connectivity index (χ0v) is 106. The van der Waals surface area contributed by atoms with E-state index in [1.165, 1.54) is 245 Å². The Hall–Kier alpha value is -6.25. The van der Waals surface area contributed by atoms with E-state index in [2.05, 4.69) is 370 Å². The Labute approximate surface area is 911 Å². The average Bonchev–Trinajstić information content (AvgIpc) is 1.71. The van der Waals surface area contributed by atoms with E-state index < -0.39 is 6.10 Å². The summed E-state index contributed by atoms with van der Waals surface area (Å²) < 4.78 is 13.7. The van der Waals surface area contributed by atoms with Gasteiger partial charge in [-0.1, -0.05) is 471 Å². The SMILES string of the molecule is CCCCCC(C)CCCCC.CCCCCC(CCCCC)C(O)c1c(O)cc(C(C)(C)C)c(C)c1C(C)(C)C.CCCCCC1(CCCCC)Cc2c(cc(C(C)(C)C)c(C)c2C(C)(C)C)O1.CCCCCC1(CCCCC)Cc2c(cc(C(C)(C)C)c(O)c2C(C)(C)C)O1.Cc1c(C(C)(C)C)cc(O)c(C=O)c1C(C)(C)C.Cc1c(C(C)(C)C)cc(O)cc1C(C)(C)C.Cc1cc(C(C)(C)C)c(C)c(C(C)(C)C)c1. The van der Waals surface area contributed by atoms with Crippen LogP contribution in [0.2, 0.25) is 0 Å². The van der Waals surface area contributed by atoms with Crippen molar-refractivity contribution < 1.29 is 39.8 Å². The number of hydrogen-bond acceptors (Lipinski definition) is 8. The van der Waals surface area contributed by atoms with Gasteiger partial charge in [0.1, 0.15) is 45.7 Å². The summed E-state index contributed by atoms with van der Waals surface area (Å²) in [5, 5.41) is 53.9. The van der Waals surface area contributed by atoms with E-state index in [-0.39, 0.29) is 93.6 Å². The second kappa shape index (κ2) is 57.8. The molecule has 2 heterocycles. The van der Waals surface area contributed by atoms with Gasteiger partial charge in [0, 0.05) is 40.7 Å². The molecule has 0 aromatic heterocycles. The summed E-state index contributed by atoms with van der Waals surface area (Å²) in [6.07, 6.45) is 42.6. The lowest BCUT2D eigenvalue weighted by Crippen LogP contribution is -2.34. The topological polar surface area (TPSA) is 137 Å². The van der Waals surface area contributed by atoms with Crippen LogP contribution in [0.4, 0.5) is 0 Å². The van der Waals surface area contributed by atoms with Crippen molar-refractivity contribution in [3.63, 3.8) is 0 Å². The number of phenols is 4. The molecule has 0 saturated carbocycles. The number of carbonyl (C=O) groups is 1. The molecule has 1 atom stereocenters. The van der Waals surface area contributed by atoms with Gasteiger partial charge in [-0.2, -0.15) is 0 Å². The number of carbonyl (C=O) groups excluding carboxylic acids is 1. The Morgan fingerprint density at radius 1 is 0.293 bits per heavy atom. The van der Waals surface area contributed by atoms with Gasteiger partial charge in [0.15, 0.2) is 6.29 Å². The highest BCUT2D eigenvalue weighted by Crippen LogP contribution is 2.55. The van der Waals surface area contributed by atoms with Gasteiger partial charge in [-0.25, -0.2) is 0 Å². The molecule has 6 aromatic carbocycles. The number of ether oxygens (including phenoxy) is 2. The number of rotatable bonds is 35. The van der Waals surface area contributed by atoms with Gasteiger partial charge in [0.2, 0.25) is 0 Å². The molecule has 2 aliphatic heterocycles. The number of unbranched alkanes of at least 4 members (excludes halogenated alkanes) is 16. The molecule has 147 heavy (non-hydrogen) atoms. The van der Waals surface area contributed by atoms with Crippen LogP contribution in [-0.2, 0) is 77.8 Å². The number of aryl methyl sites for hydroxylation is 1. The lowest BCUT2D eigenvalue weighted by atomic mass is 9.72. The highest BCUT2D eigenvalue weighted by molar-refractivity contribution is 5.84. The molecule has 842 valence electrons. The fraction of sp³-hybridized carbons (Fsp3) is 0.734. The van der Waals surface area contributed by atoms with Gasteiger partial charge in [0.25, 0.3) is 0 Å². The minimum Gasteiger partial charge on any atom is -0.508 e. The molecule has 0 saturated heterocycles. The van der Waals surface area contributed by atoms with Crippen molar-refractivity contribution >= 4 is 6.29 Å². The van der Waals surface area contributed by atoms with E-state index >= 15 is 0 Å². The molecule has 0 spiro atoms. The molecule has 6 aromatic rings. The number of fused-ring (bicyclic) bond motifs is 2. The van der Waals surface area contributed by atoms with E-state index in [1.54, 1.807) is 11.6 Å². The molecule has 0 aliphatic carbocycles. The highest BCUT2D eigenvalue weighted by Gasteiger charge is 2.46. The van der Waals surface area contributed by atoms with Crippen LogP contribution in [0.5, 0.6) is 34.5 Å². The number of phenolic OH excluding ortho intramolecular Hbond substituents is 4. The third-order valence-electron chi connectivity index (χ3n) is 31.1. The van der Waals surface area contributed by atoms with Crippen molar-refractivity contribution in [1.29, 1.82) is 0 Å². The molecule has 5 N–H and O–H groups in total. The quantitative estimate of drug-likeness (QED) is 0.0196. The standard InChI is InChI=1S/C27H48O2.C27H46O.C26H44O2.C16H24O2.C16H26.C15H24O.C12H26/c1-10-12-14-16-20(17-15-13-11-2)25(29)23-22(28)18-21(26(4,5)6)19(3)24(23)27(7,8)9;1-10-12-14-16-27(17-15-13-11-2)19-21-23(28-27)18-22(25(4,5)6)20(3)24(21)26(7,8)9;1-9-11-13-15-26(16-14-12-10-2)18-19-21(28-26)17-20(24(3,4)5)23(27)22(19)25(6,7)8;1-10-12(15(2,3)4)8-13(18)11(9-17)14(10)16(5,6)7;1-11-9-13(15(3,4)5)12(2)14(10-11)16(6,7)8;1-10-12(14(2,3)4)8-11(16)9-13(10)15(5,6)7;1-4-6-8-10-12(3)11-9-7-5-2/h18,20,25,28-29H,10-17H2,1-9H3;18H,10-17,19H2,1-9H3;17,27H,9-16,18H2,1-8H3;8-9,18H,1-7H3;9-10H,1-8H3;8-9,16H,1-7H3;12H,4-11H2,1-3H3. The summed E-state index contributed by atoms with van der Waals surface area (Å²) in [5.74, 6) is 4.62. The van der Waals surface area contributed by atoms with Crippen molar-refractivity contribution in [3.05, 3.63) is 171 Å². The molecule has 1 unspecified atom stereocenters. The fourth-order valence-corrected chi connectivity index (χ4v) is 23.8. The summed E-state index contributed by atoms with van der Waals surface area (Å²) in [5.41, 5.74) is 27.0. The maximum absolute atomic E-state index is 11.6. The lowest BCUT2D eigenvalue weighted by Gasteiger charge is -2.35. The average molecular weight is 2040 g/mol. The van der Waals surface area contributed by atoms with Crippen LogP contribution in [0.1, 0.15) is 650 Å². The van der Waals surface area contributed by atoms with Gasteiger partial charge < -0.3 is 35.0 Å². The Balaban J connectivity index is 0.000000591. The van der Waals surface area contributed by atoms with Gasteiger partial charge >= 0.3 is 0 Å². The molecule has 2 aliphatic rings. The van der Waals surface area contributed by atoms with Crippen LogP contribution in [-0.4, -0.2) is 43.0 Å². The van der Waals surface area contributed by atoms with Crippen molar-refractivity contribution in [3.8, 4) is 34.5 Å². The van der Waals surface area contributed by atoms with Crippen LogP contribution in [0.3, 0.4) is 0 Å². The minimum absolute atomic E-state index is 0.0234. The molecule has 8 rings (SSSR count). The summed E-state index contributed by atoms with van der Waals surface area (Å²) in [7, 11) is 0. The Morgan fingerprint density at radius 3 is 0.837 bits per heavy atom. The van der Waals surface area contributed by atoms with Crippen LogP contribution in [0, 0.1) is 53.4 Å². The molecular formula is C139H238O8. The van der Waals surface area contributed by atoms with E-state index in [9.17, 15) is 30.3 Å². The number of benzene rings is 6. The number of aldehydes is 1. The van der Waals surface area contributed by atoms with Gasteiger partial charge in [-0.3, -0.25) is 4.79 Å². The molecule has 0 radical (unpaired) electrons. The third kappa shape index (κ3) is 41.8. The van der Waals surface area contributed by atoms with Gasteiger partial charge in [-0.05, 0) is 302 Å². The van der Waals surface area contributed by atoms with Crippen molar-refractivity contribution in [1.82, 2.24) is 0 Å². The fourth-order valence-electron chi connectivity index (χ4n) is 23.8. The molecule has 0 bridgehead atoms. The normalized spacial score (nSPS) is 14.2. The van der Waals surface area contributed by atoms with E-state index in [0.717, 1.165) is 108 Å². The van der Waals surface area contributed by atoms with Crippen LogP contribution in [0.25, 0.3) is 0 Å². The third-order valence-corrected chi connectivity index (χ3v) is 31.1. The molecular weight excluding hydrogens is 1800 g/mol. The summed E-state index contributed by atoms with van der Waals surface area (Å²) in [6.45, 7) is 113. The Kier molecular flexibility index (Phi) is 53.8. The first-order chi connectivity index (χ1) is 67.1. The minimum atomic E-state index is -0.606. The molecule has 8 nitrogen and oxygen atoms in total. The van der Waals surface area contributed by atoms with E-state index in [0.29, 0.717) is 17.1 Å². The maximum Gasteiger partial charge on any atom is 0.154 e. The Morgan fingerprint density at radius 2 is 0.544 bits per heavy atom. The first-order valence-corrected chi connectivity index (χ1v) is 59.4. The van der Waals surface area contributed by atoms with Crippen molar-refractivity contribution in [2.24, 2.45) is 11.8 Å². The van der Waals surface area contributed by atoms with Crippen LogP contribution < -0.4 is 9.47 Å². The number of aromatic hydroxyl groups is 4. The predicted octanol–water partition coefficient (Wildman–Crippen LogP) is 42.4. The first kappa shape index (κ1) is 137. The number of aliphatic hydroxyl groups is 1. The summed E-state index contributed by atoms with van der Waals surface area (Å²) >= 11 is 0. The van der Waals surface area contributed by atoms with Crippen molar-refractivity contribution in [2.75, 3.05) is 0 Å². The smallest absolute Gasteiger partial charge is 0.154 e. The maximum atomic E-state index is 11.6. The van der Waals surface area contributed by atoms with Gasteiger partial charge in [-0.15, -0.1) is 0 Å². The largest absolute Gasteiger partial charge is 0.508 e. The van der Waals surface area contributed by atoms with Crippen LogP contribution >= 0.6 is 0 Å². The van der Waals surface area contributed by atoms with Crippen molar-refractivity contribution in [2.45, 2.75) is 654 Å². The second-order valence-electron chi connectivity index (χ2n) is 58.1. The second-order valence-corrected chi connectivity index (χ2v) is 58.1. The summed E-state index contributed by atoms with van der Waals surface area (Å²) in [4.78, 5) is 11.2. The Bertz CT molecular complexity index is 4630. The molecule has 0 amide bonds. The van der Waals surface area contributed by atoms with E-state index in [1.807, 2.05) is 25.1 Å². The number of hydrogen-bond donors (Lipinski definition) is 5. The monoisotopic (exact) mass is 2040 g/mol. The predicted molar refractivity (Wildman–Crippen MR) is 648 cm³/mol. The molecule has 8 heteroatoms. The number of aliphatic hydroxyl groups excluding tert-OH is 1. The van der Waals surface area contributed by atoms with E-state index in [4.69, 9.17) is 9.47 Å². The first-order valence-electron chi connectivity index (χ1n) is 59.4. The van der Waals surface area contributed by atoms with Gasteiger partial charge in [0.05, 0.1) is 11.7 Å². The lowest BCUT2D eigenvalue weighted by molar-refractivity contribution is 0.0683. The highest BCUT2D eigenvalue weighted by atomic mass is 16.5. The summed E-state index contributed by atoms with van der Waals surface area (Å²) in [6, 6.07) is 16.6. The zero-order chi connectivity index (χ0) is 114. The van der Waals surface area contributed by atoms with Crippen LogP contribution in [0.15, 0.2) is 48.5 Å².